The number of unbranched alkanes of at least 4 members (excludes halogenated alkanes) is 22. The van der Waals surface area contributed by atoms with Crippen LogP contribution in [0.25, 0.3) is 0 Å². The predicted octanol–water partition coefficient (Wildman–Crippen LogP) is 12.9. The Morgan fingerprint density at radius 2 is 0.841 bits per heavy atom. The minimum Gasteiger partial charge on any atom is -0.462 e. The van der Waals surface area contributed by atoms with Gasteiger partial charge in [-0.3, -0.25) is 9.59 Å². The van der Waals surface area contributed by atoms with E-state index in [0.29, 0.717) is 18.2 Å². The van der Waals surface area contributed by atoms with Gasteiger partial charge in [-0.05, 0) is 64.2 Å². The second-order valence-electron chi connectivity index (χ2n) is 12.6. The van der Waals surface area contributed by atoms with Crippen LogP contribution in [0.5, 0.6) is 0 Å². The van der Waals surface area contributed by atoms with Gasteiger partial charge in [0.15, 0.2) is 0 Å². The van der Waals surface area contributed by atoms with Crippen LogP contribution < -0.4 is 0 Å². The van der Waals surface area contributed by atoms with E-state index in [2.05, 4.69) is 54.1 Å². The van der Waals surface area contributed by atoms with Crippen LogP contribution in [0, 0.1) is 0 Å². The molecule has 0 unspecified atom stereocenters. The molecule has 258 valence electrons. The van der Waals surface area contributed by atoms with E-state index in [1.807, 2.05) is 0 Å². The summed E-state index contributed by atoms with van der Waals surface area (Å²) in [4.78, 5) is 24.3. The minimum absolute atomic E-state index is 0.132. The molecular weight excluding hydrogens is 612 g/mol. The Hall–Kier alpha value is -1.10. The lowest BCUT2D eigenvalue weighted by atomic mass is 10.1. The van der Waals surface area contributed by atoms with Gasteiger partial charge in [0.05, 0.1) is 0 Å². The molecule has 0 amide bonds. The van der Waals surface area contributed by atoms with Crippen molar-refractivity contribution in [3.05, 3.63) is 24.3 Å². The van der Waals surface area contributed by atoms with Crippen molar-refractivity contribution in [3.63, 3.8) is 0 Å². The first kappa shape index (κ1) is 42.9. The summed E-state index contributed by atoms with van der Waals surface area (Å²) in [5.74, 6) is -0.387. The number of hydrogen-bond donors (Lipinski definition) is 0. The van der Waals surface area contributed by atoms with E-state index in [-0.39, 0.29) is 18.5 Å². The Morgan fingerprint density at radius 1 is 0.500 bits per heavy atom. The fourth-order valence-electron chi connectivity index (χ4n) is 5.29. The lowest BCUT2D eigenvalue weighted by Crippen LogP contribution is -2.26. The third kappa shape index (κ3) is 33.8. The summed E-state index contributed by atoms with van der Waals surface area (Å²) >= 11 is 3.39. The lowest BCUT2D eigenvalue weighted by molar-refractivity contribution is -0.157. The number of ether oxygens (including phenoxy) is 2. The summed E-state index contributed by atoms with van der Waals surface area (Å²) in [5, 5.41) is 0.478. The van der Waals surface area contributed by atoms with Gasteiger partial charge in [-0.25, -0.2) is 0 Å². The first-order valence-electron chi connectivity index (χ1n) is 18.8. The van der Waals surface area contributed by atoms with Crippen molar-refractivity contribution in [1.29, 1.82) is 0 Å². The van der Waals surface area contributed by atoms with Crippen LogP contribution >= 0.6 is 15.9 Å². The van der Waals surface area contributed by atoms with E-state index in [9.17, 15) is 9.59 Å². The molecule has 0 rings (SSSR count). The highest BCUT2D eigenvalue weighted by Crippen LogP contribution is 2.13. The molecule has 0 spiro atoms. The van der Waals surface area contributed by atoms with E-state index in [0.717, 1.165) is 38.5 Å². The van der Waals surface area contributed by atoms with Gasteiger partial charge in [0.2, 0.25) is 0 Å². The average Bonchev–Trinajstić information content (AvgIpc) is 3.02. The van der Waals surface area contributed by atoms with Gasteiger partial charge < -0.3 is 9.47 Å². The number of allylic oxidation sites excluding steroid dienone is 4. The SMILES string of the molecule is CCCCCCCC/C=C\CCCCCCCC(=O)OC[C@@H](CBr)OC(=O)CCCCCCC/C=C\CCCCCCCC. The molecule has 0 aromatic carbocycles. The predicted molar refractivity (Wildman–Crippen MR) is 194 cm³/mol. The molecule has 1 atom stereocenters. The fraction of sp³-hybridized carbons (Fsp3) is 0.846. The Bertz CT molecular complexity index is 675. The molecule has 0 aliphatic heterocycles. The number of carbonyl (C=O) groups is 2. The second-order valence-corrected chi connectivity index (χ2v) is 13.3. The van der Waals surface area contributed by atoms with Crippen molar-refractivity contribution in [2.75, 3.05) is 11.9 Å². The van der Waals surface area contributed by atoms with Crippen molar-refractivity contribution >= 4 is 27.9 Å². The Balaban J connectivity index is 3.58. The maximum absolute atomic E-state index is 12.2. The standard InChI is InChI=1S/C39H71BrO4/c1-3-5-7-9-11-13-15-17-19-21-23-25-27-29-31-33-38(41)43-36-37(35-40)44-39(42)34-32-30-28-26-24-22-20-18-16-14-12-10-8-6-4-2/h17-20,37H,3-16,21-36H2,1-2H3/b19-17-,20-18-/t37-/m1/s1. The maximum Gasteiger partial charge on any atom is 0.306 e. The monoisotopic (exact) mass is 682 g/mol. The number of rotatable bonds is 34. The molecule has 0 N–H and O–H groups in total. The summed E-state index contributed by atoms with van der Waals surface area (Å²) in [6.45, 7) is 4.66. The molecule has 0 saturated carbocycles. The molecule has 5 heteroatoms. The Kier molecular flexibility index (Phi) is 35.5. The molecule has 0 bridgehead atoms. The molecule has 4 nitrogen and oxygen atoms in total. The highest BCUT2D eigenvalue weighted by molar-refractivity contribution is 9.09. The first-order chi connectivity index (χ1) is 21.6. The largest absolute Gasteiger partial charge is 0.462 e. The first-order valence-corrected chi connectivity index (χ1v) is 20.0. The Labute approximate surface area is 282 Å². The van der Waals surface area contributed by atoms with Crippen LogP contribution in [0.3, 0.4) is 0 Å². The molecule has 44 heavy (non-hydrogen) atoms. The van der Waals surface area contributed by atoms with Crippen LogP contribution in [0.15, 0.2) is 24.3 Å². The van der Waals surface area contributed by atoms with Crippen LogP contribution in [0.4, 0.5) is 0 Å². The molecule has 0 aliphatic carbocycles. The fourth-order valence-corrected chi connectivity index (χ4v) is 5.61. The highest BCUT2D eigenvalue weighted by Gasteiger charge is 2.15. The smallest absolute Gasteiger partial charge is 0.306 e. The van der Waals surface area contributed by atoms with Crippen molar-refractivity contribution in [2.24, 2.45) is 0 Å². The summed E-state index contributed by atoms with van der Waals surface area (Å²) in [6, 6.07) is 0. The zero-order chi connectivity index (χ0) is 32.2. The quantitative estimate of drug-likeness (QED) is 0.0293. The summed E-state index contributed by atoms with van der Waals surface area (Å²) in [6.07, 6.45) is 42.0. The zero-order valence-corrected chi connectivity index (χ0v) is 30.7. The summed E-state index contributed by atoms with van der Waals surface area (Å²) < 4.78 is 10.9. The van der Waals surface area contributed by atoms with Gasteiger partial charge in [0.25, 0.3) is 0 Å². The number of hydrogen-bond acceptors (Lipinski definition) is 4. The van der Waals surface area contributed by atoms with E-state index in [1.165, 1.54) is 128 Å². The maximum atomic E-state index is 12.2. The zero-order valence-electron chi connectivity index (χ0n) is 29.1. The van der Waals surface area contributed by atoms with E-state index >= 15 is 0 Å². The molecule has 0 aromatic heterocycles. The normalized spacial score (nSPS) is 12.3. The summed E-state index contributed by atoms with van der Waals surface area (Å²) in [5.41, 5.74) is 0. The minimum atomic E-state index is -0.413. The molecule has 0 saturated heterocycles. The molecule has 0 heterocycles. The van der Waals surface area contributed by atoms with Gasteiger partial charge in [-0.2, -0.15) is 0 Å². The van der Waals surface area contributed by atoms with Crippen LogP contribution in [0.1, 0.15) is 194 Å². The second kappa shape index (κ2) is 36.4. The molecule has 0 aliphatic rings. The number of halogens is 1. The third-order valence-corrected chi connectivity index (χ3v) is 8.91. The van der Waals surface area contributed by atoms with Gasteiger partial charge in [0.1, 0.15) is 12.7 Å². The molecule has 0 fully saturated rings. The van der Waals surface area contributed by atoms with E-state index < -0.39 is 6.10 Å². The van der Waals surface area contributed by atoms with Crippen LogP contribution in [-0.4, -0.2) is 30.0 Å². The van der Waals surface area contributed by atoms with Gasteiger partial charge >= 0.3 is 11.9 Å². The topological polar surface area (TPSA) is 52.6 Å². The van der Waals surface area contributed by atoms with Crippen molar-refractivity contribution in [3.8, 4) is 0 Å². The number of esters is 2. The highest BCUT2D eigenvalue weighted by atomic mass is 79.9. The van der Waals surface area contributed by atoms with E-state index in [1.54, 1.807) is 0 Å². The molecule has 0 aromatic rings. The Morgan fingerprint density at radius 3 is 1.23 bits per heavy atom. The number of alkyl halides is 1. The average molecular weight is 684 g/mol. The van der Waals surface area contributed by atoms with Crippen molar-refractivity contribution in [2.45, 2.75) is 200 Å². The van der Waals surface area contributed by atoms with Crippen molar-refractivity contribution < 1.29 is 19.1 Å². The van der Waals surface area contributed by atoms with Gasteiger partial charge in [-0.15, -0.1) is 0 Å². The van der Waals surface area contributed by atoms with Gasteiger partial charge in [-0.1, -0.05) is 157 Å². The van der Waals surface area contributed by atoms with E-state index in [4.69, 9.17) is 9.47 Å². The van der Waals surface area contributed by atoms with Gasteiger partial charge in [0, 0.05) is 18.2 Å². The van der Waals surface area contributed by atoms with Crippen LogP contribution in [0.2, 0.25) is 0 Å². The third-order valence-electron chi connectivity index (χ3n) is 8.19. The lowest BCUT2D eigenvalue weighted by Gasteiger charge is -2.15. The van der Waals surface area contributed by atoms with Crippen LogP contribution in [-0.2, 0) is 19.1 Å². The molecule has 0 radical (unpaired) electrons. The molecular formula is C39H71BrO4. The number of carbonyl (C=O) groups excluding carboxylic acids is 2. The van der Waals surface area contributed by atoms with Crippen molar-refractivity contribution in [1.82, 2.24) is 0 Å². The summed E-state index contributed by atoms with van der Waals surface area (Å²) in [7, 11) is 0.